The summed E-state index contributed by atoms with van der Waals surface area (Å²) in [7, 11) is 3.32. The summed E-state index contributed by atoms with van der Waals surface area (Å²) in [4.78, 5) is 16.4. The van der Waals surface area contributed by atoms with E-state index in [1.54, 1.807) is 25.6 Å². The Hall–Kier alpha value is -1.76. The zero-order chi connectivity index (χ0) is 18.8. The number of fused-ring (bicyclic) bond motifs is 1. The van der Waals surface area contributed by atoms with Crippen molar-refractivity contribution in [2.24, 2.45) is 0 Å². The number of nitrogens with zero attached hydrogens (tertiary/aromatic N) is 1. The highest BCUT2D eigenvalue weighted by molar-refractivity contribution is 7.10. The van der Waals surface area contributed by atoms with Crippen molar-refractivity contribution < 1.29 is 14.3 Å². The Labute approximate surface area is 176 Å². The number of amides is 1. The summed E-state index contributed by atoms with van der Waals surface area (Å²) in [6.07, 6.45) is 3.66. The van der Waals surface area contributed by atoms with Crippen LogP contribution in [0.5, 0.6) is 11.5 Å². The lowest BCUT2D eigenvalue weighted by Crippen LogP contribution is -2.42. The fourth-order valence-corrected chi connectivity index (χ4v) is 5.08. The van der Waals surface area contributed by atoms with E-state index in [2.05, 4.69) is 33.8 Å². The highest BCUT2D eigenvalue weighted by Gasteiger charge is 2.34. The number of nitrogens with one attached hydrogen (secondary N) is 1. The summed E-state index contributed by atoms with van der Waals surface area (Å²) >= 11 is 1.70. The molecule has 2 aliphatic rings. The third kappa shape index (κ3) is 4.00. The van der Waals surface area contributed by atoms with Gasteiger partial charge in [0.05, 0.1) is 20.3 Å². The van der Waals surface area contributed by atoms with E-state index >= 15 is 0 Å². The Kier molecular flexibility index (Phi) is 6.86. The third-order valence-corrected chi connectivity index (χ3v) is 6.51. The number of carbonyl (C=O) groups excluding carboxylic acids is 1. The molecule has 0 spiro atoms. The number of methoxy groups -OCH3 is 2. The Morgan fingerprint density at radius 3 is 2.71 bits per heavy atom. The van der Waals surface area contributed by atoms with E-state index in [9.17, 15) is 4.79 Å². The van der Waals surface area contributed by atoms with Crippen molar-refractivity contribution in [1.82, 2.24) is 10.2 Å². The highest BCUT2D eigenvalue weighted by Crippen LogP contribution is 2.42. The fourth-order valence-electron chi connectivity index (χ4n) is 4.23. The number of hydrogen-bond acceptors (Lipinski definition) is 5. The van der Waals surface area contributed by atoms with Gasteiger partial charge in [0, 0.05) is 23.9 Å². The maximum atomic E-state index is 13.2. The number of hydrogen-bond donors (Lipinski definition) is 1. The number of halogens is 1. The van der Waals surface area contributed by atoms with E-state index < -0.39 is 0 Å². The minimum atomic E-state index is -0.0533. The maximum absolute atomic E-state index is 13.2. The fraction of sp³-hybridized carbons (Fsp3) is 0.476. The predicted octanol–water partition coefficient (Wildman–Crippen LogP) is 3.80. The minimum Gasteiger partial charge on any atom is -0.493 e. The molecule has 5 nitrogen and oxygen atoms in total. The molecule has 2 unspecified atom stereocenters. The SMILES string of the molecule is COc1cc2c(cc1OC)C(c1cccs1)N(C(=O)CC1CCCN1)CC2.Cl. The topological polar surface area (TPSA) is 50.8 Å². The van der Waals surface area contributed by atoms with Gasteiger partial charge in [-0.05, 0) is 60.5 Å². The maximum Gasteiger partial charge on any atom is 0.224 e. The monoisotopic (exact) mass is 422 g/mol. The average molecular weight is 423 g/mol. The van der Waals surface area contributed by atoms with Gasteiger partial charge < -0.3 is 19.7 Å². The number of ether oxygens (including phenoxy) is 2. The first-order valence-corrected chi connectivity index (χ1v) is 10.4. The van der Waals surface area contributed by atoms with Crippen LogP contribution in [0, 0.1) is 0 Å². The molecule has 3 heterocycles. The molecule has 1 saturated heterocycles. The lowest BCUT2D eigenvalue weighted by Gasteiger charge is -2.38. The van der Waals surface area contributed by atoms with Crippen LogP contribution >= 0.6 is 23.7 Å². The van der Waals surface area contributed by atoms with Crippen LogP contribution in [0.1, 0.15) is 41.3 Å². The zero-order valence-corrected chi connectivity index (χ0v) is 17.9. The summed E-state index contributed by atoms with van der Waals surface area (Å²) in [5.41, 5.74) is 2.38. The van der Waals surface area contributed by atoms with Gasteiger partial charge in [-0.3, -0.25) is 4.79 Å². The van der Waals surface area contributed by atoms with Crippen LogP contribution in [0.25, 0.3) is 0 Å². The van der Waals surface area contributed by atoms with Gasteiger partial charge in [-0.2, -0.15) is 0 Å². The lowest BCUT2D eigenvalue weighted by molar-refractivity contribution is -0.133. The van der Waals surface area contributed by atoms with Crippen molar-refractivity contribution in [2.45, 2.75) is 37.8 Å². The van der Waals surface area contributed by atoms with Crippen LogP contribution in [-0.2, 0) is 11.2 Å². The molecule has 1 aromatic heterocycles. The van der Waals surface area contributed by atoms with Crippen molar-refractivity contribution in [1.29, 1.82) is 0 Å². The van der Waals surface area contributed by atoms with E-state index in [1.165, 1.54) is 10.4 Å². The summed E-state index contributed by atoms with van der Waals surface area (Å²) in [5, 5.41) is 5.52. The largest absolute Gasteiger partial charge is 0.493 e. The van der Waals surface area contributed by atoms with E-state index in [0.29, 0.717) is 18.2 Å². The normalized spacial score (nSPS) is 21.0. The van der Waals surface area contributed by atoms with Crippen molar-refractivity contribution in [3.8, 4) is 11.5 Å². The molecule has 1 fully saturated rings. The van der Waals surface area contributed by atoms with E-state index in [-0.39, 0.29) is 24.4 Å². The quantitative estimate of drug-likeness (QED) is 0.796. The second-order valence-corrected chi connectivity index (χ2v) is 8.14. The van der Waals surface area contributed by atoms with Crippen LogP contribution in [-0.4, -0.2) is 44.2 Å². The minimum absolute atomic E-state index is 0. The van der Waals surface area contributed by atoms with E-state index in [0.717, 1.165) is 43.7 Å². The van der Waals surface area contributed by atoms with Crippen molar-refractivity contribution in [3.63, 3.8) is 0 Å². The van der Waals surface area contributed by atoms with E-state index in [4.69, 9.17) is 9.47 Å². The molecule has 0 radical (unpaired) electrons. The highest BCUT2D eigenvalue weighted by atomic mass is 35.5. The molecule has 1 N–H and O–H groups in total. The first kappa shape index (κ1) is 21.0. The molecule has 152 valence electrons. The van der Waals surface area contributed by atoms with Gasteiger partial charge in [-0.15, -0.1) is 23.7 Å². The molecule has 0 aliphatic carbocycles. The van der Waals surface area contributed by atoms with Crippen molar-refractivity contribution in [3.05, 3.63) is 45.6 Å². The van der Waals surface area contributed by atoms with Gasteiger partial charge >= 0.3 is 0 Å². The van der Waals surface area contributed by atoms with Gasteiger partial charge in [0.15, 0.2) is 11.5 Å². The third-order valence-electron chi connectivity index (χ3n) is 5.59. The molecule has 0 bridgehead atoms. The zero-order valence-electron chi connectivity index (χ0n) is 16.3. The number of benzene rings is 1. The molecule has 28 heavy (non-hydrogen) atoms. The molecular weight excluding hydrogens is 396 g/mol. The smallest absolute Gasteiger partial charge is 0.224 e. The molecule has 7 heteroatoms. The summed E-state index contributed by atoms with van der Waals surface area (Å²) < 4.78 is 11.0. The molecule has 1 amide bonds. The molecule has 0 saturated carbocycles. The van der Waals surface area contributed by atoms with Crippen LogP contribution in [0.3, 0.4) is 0 Å². The Balaban J connectivity index is 0.00000225. The molecule has 4 rings (SSSR count). The first-order valence-electron chi connectivity index (χ1n) is 9.52. The van der Waals surface area contributed by atoms with Crippen molar-refractivity contribution in [2.75, 3.05) is 27.3 Å². The van der Waals surface area contributed by atoms with Gasteiger partial charge in [0.25, 0.3) is 0 Å². The van der Waals surface area contributed by atoms with Crippen LogP contribution < -0.4 is 14.8 Å². The predicted molar refractivity (Wildman–Crippen MR) is 114 cm³/mol. The average Bonchev–Trinajstić information content (AvgIpc) is 3.39. The molecule has 1 aromatic carbocycles. The number of carbonyl (C=O) groups is 1. The van der Waals surface area contributed by atoms with Crippen LogP contribution in [0.2, 0.25) is 0 Å². The van der Waals surface area contributed by atoms with Crippen LogP contribution in [0.4, 0.5) is 0 Å². The van der Waals surface area contributed by atoms with Gasteiger partial charge in [-0.1, -0.05) is 6.07 Å². The second-order valence-electron chi connectivity index (χ2n) is 7.16. The van der Waals surface area contributed by atoms with Gasteiger partial charge in [-0.25, -0.2) is 0 Å². The molecule has 2 aliphatic heterocycles. The lowest BCUT2D eigenvalue weighted by atomic mass is 9.90. The second kappa shape index (κ2) is 9.16. The molecule has 2 aromatic rings. The molecule has 2 atom stereocenters. The van der Waals surface area contributed by atoms with Crippen molar-refractivity contribution >= 4 is 29.7 Å². The number of thiophene rings is 1. The standard InChI is InChI=1S/C21H26N2O3S.ClH/c1-25-17-11-14-7-9-23(20(24)12-15-5-3-8-22-15)21(19-6-4-10-27-19)16(14)13-18(17)26-2;/h4,6,10-11,13,15,21-22H,3,5,7-9,12H2,1-2H3;1H. The first-order chi connectivity index (χ1) is 13.2. The molecular formula is C21H27ClN2O3S. The Bertz CT molecular complexity index is 806. The van der Waals surface area contributed by atoms with Gasteiger partial charge in [0.2, 0.25) is 5.91 Å². The summed E-state index contributed by atoms with van der Waals surface area (Å²) in [5.74, 6) is 1.69. The summed E-state index contributed by atoms with van der Waals surface area (Å²) in [6, 6.07) is 8.54. The van der Waals surface area contributed by atoms with Gasteiger partial charge in [0.1, 0.15) is 0 Å². The Morgan fingerprint density at radius 1 is 1.29 bits per heavy atom. The van der Waals surface area contributed by atoms with Crippen LogP contribution in [0.15, 0.2) is 29.6 Å². The Morgan fingerprint density at radius 2 is 2.07 bits per heavy atom. The van der Waals surface area contributed by atoms with E-state index in [1.807, 2.05) is 6.07 Å². The number of rotatable bonds is 5. The summed E-state index contributed by atoms with van der Waals surface area (Å²) in [6.45, 7) is 1.75.